The zero-order chi connectivity index (χ0) is 12.0. The Hall–Kier alpha value is -1.57. The molecule has 1 rings (SSSR count). The van der Waals surface area contributed by atoms with Crippen molar-refractivity contribution < 1.29 is 9.53 Å². The molecule has 0 aromatic heterocycles. The second-order valence-corrected chi connectivity index (χ2v) is 3.98. The van der Waals surface area contributed by atoms with Gasteiger partial charge in [0.1, 0.15) is 0 Å². The summed E-state index contributed by atoms with van der Waals surface area (Å²) in [5.41, 5.74) is 2.56. The first-order chi connectivity index (χ1) is 7.65. The first kappa shape index (κ1) is 12.5. The smallest absolute Gasteiger partial charge is 0.330 e. The number of carbonyl (C=O) groups excluding carboxylic acids is 1. The van der Waals surface area contributed by atoms with Crippen molar-refractivity contribution in [3.8, 4) is 0 Å². The maximum atomic E-state index is 10.9. The largest absolute Gasteiger partial charge is 0.462 e. The van der Waals surface area contributed by atoms with Crippen LogP contribution in [0.4, 0.5) is 0 Å². The van der Waals surface area contributed by atoms with E-state index < -0.39 is 0 Å². The van der Waals surface area contributed by atoms with Crippen LogP contribution >= 0.6 is 0 Å². The average Bonchev–Trinajstić information content (AvgIpc) is 2.29. The fourth-order valence-corrected chi connectivity index (χ4v) is 1.65. The van der Waals surface area contributed by atoms with Crippen LogP contribution in [0.3, 0.4) is 0 Å². The SMILES string of the molecule is C=CC(=O)OCCc1ccccc1C(C)C. The summed E-state index contributed by atoms with van der Waals surface area (Å²) < 4.78 is 4.97. The summed E-state index contributed by atoms with van der Waals surface area (Å²) in [5, 5.41) is 0. The Balaban J connectivity index is 2.59. The molecule has 0 spiro atoms. The molecule has 0 aliphatic heterocycles. The highest BCUT2D eigenvalue weighted by Gasteiger charge is 2.05. The van der Waals surface area contributed by atoms with Crippen molar-refractivity contribution >= 4 is 5.97 Å². The molecule has 0 saturated heterocycles. The van der Waals surface area contributed by atoms with Gasteiger partial charge in [0.15, 0.2) is 0 Å². The minimum Gasteiger partial charge on any atom is -0.462 e. The molecule has 0 bridgehead atoms. The van der Waals surface area contributed by atoms with Crippen LogP contribution in [0.5, 0.6) is 0 Å². The first-order valence-electron chi connectivity index (χ1n) is 5.52. The number of hydrogen-bond donors (Lipinski definition) is 0. The lowest BCUT2D eigenvalue weighted by atomic mass is 9.96. The molecule has 0 N–H and O–H groups in total. The van der Waals surface area contributed by atoms with E-state index in [0.29, 0.717) is 12.5 Å². The van der Waals surface area contributed by atoms with Gasteiger partial charge in [-0.3, -0.25) is 0 Å². The van der Waals surface area contributed by atoms with Gasteiger partial charge < -0.3 is 4.74 Å². The van der Waals surface area contributed by atoms with Gasteiger partial charge in [0, 0.05) is 12.5 Å². The van der Waals surface area contributed by atoms with Crippen molar-refractivity contribution in [2.45, 2.75) is 26.2 Å². The molecule has 0 amide bonds. The van der Waals surface area contributed by atoms with E-state index >= 15 is 0 Å². The summed E-state index contributed by atoms with van der Waals surface area (Å²) in [4.78, 5) is 10.9. The summed E-state index contributed by atoms with van der Waals surface area (Å²) >= 11 is 0. The average molecular weight is 218 g/mol. The van der Waals surface area contributed by atoms with Crippen LogP contribution in [-0.2, 0) is 16.0 Å². The van der Waals surface area contributed by atoms with Crippen molar-refractivity contribution in [3.63, 3.8) is 0 Å². The van der Waals surface area contributed by atoms with E-state index in [9.17, 15) is 4.79 Å². The maximum absolute atomic E-state index is 10.9. The van der Waals surface area contributed by atoms with Crippen LogP contribution in [0.25, 0.3) is 0 Å². The minimum atomic E-state index is -0.359. The van der Waals surface area contributed by atoms with Gasteiger partial charge >= 0.3 is 5.97 Å². The fourth-order valence-electron chi connectivity index (χ4n) is 1.65. The summed E-state index contributed by atoms with van der Waals surface area (Å²) in [7, 11) is 0. The first-order valence-corrected chi connectivity index (χ1v) is 5.52. The Morgan fingerprint density at radius 3 is 2.75 bits per heavy atom. The standard InChI is InChI=1S/C14H18O2/c1-4-14(15)16-10-9-12-7-5-6-8-13(12)11(2)3/h4-8,11H,1,9-10H2,2-3H3. The maximum Gasteiger partial charge on any atom is 0.330 e. The molecule has 0 unspecified atom stereocenters. The van der Waals surface area contributed by atoms with Gasteiger partial charge in [-0.1, -0.05) is 44.7 Å². The highest BCUT2D eigenvalue weighted by molar-refractivity contribution is 5.81. The fraction of sp³-hybridized carbons (Fsp3) is 0.357. The van der Waals surface area contributed by atoms with Gasteiger partial charge in [-0.25, -0.2) is 4.79 Å². The summed E-state index contributed by atoms with van der Waals surface area (Å²) in [6.45, 7) is 8.09. The molecule has 1 aromatic rings. The molecule has 0 saturated carbocycles. The number of esters is 1. The van der Waals surface area contributed by atoms with E-state index in [1.165, 1.54) is 17.2 Å². The van der Waals surface area contributed by atoms with Crippen LogP contribution in [0.2, 0.25) is 0 Å². The minimum absolute atomic E-state index is 0.359. The van der Waals surface area contributed by atoms with Gasteiger partial charge in [-0.05, 0) is 17.0 Å². The van der Waals surface area contributed by atoms with E-state index in [1.54, 1.807) is 0 Å². The number of ether oxygens (including phenoxy) is 1. The second-order valence-electron chi connectivity index (χ2n) is 3.98. The molecule has 2 nitrogen and oxygen atoms in total. The quantitative estimate of drug-likeness (QED) is 0.561. The van der Waals surface area contributed by atoms with E-state index in [-0.39, 0.29) is 5.97 Å². The lowest BCUT2D eigenvalue weighted by molar-refractivity contribution is -0.137. The second kappa shape index (κ2) is 6.11. The van der Waals surface area contributed by atoms with Gasteiger partial charge in [0.2, 0.25) is 0 Å². The molecule has 0 radical (unpaired) electrons. The van der Waals surface area contributed by atoms with Crippen LogP contribution in [-0.4, -0.2) is 12.6 Å². The summed E-state index contributed by atoms with van der Waals surface area (Å²) in [6.07, 6.45) is 1.95. The highest BCUT2D eigenvalue weighted by atomic mass is 16.5. The van der Waals surface area contributed by atoms with E-state index in [2.05, 4.69) is 32.6 Å². The zero-order valence-electron chi connectivity index (χ0n) is 9.90. The van der Waals surface area contributed by atoms with Crippen LogP contribution in [0.1, 0.15) is 30.9 Å². The summed E-state index contributed by atoms with van der Waals surface area (Å²) in [6, 6.07) is 8.25. The van der Waals surface area contributed by atoms with Crippen LogP contribution in [0.15, 0.2) is 36.9 Å². The number of carbonyl (C=O) groups is 1. The number of rotatable bonds is 5. The van der Waals surface area contributed by atoms with Crippen molar-refractivity contribution in [2.24, 2.45) is 0 Å². The van der Waals surface area contributed by atoms with Gasteiger partial charge in [-0.15, -0.1) is 0 Å². The van der Waals surface area contributed by atoms with Crippen molar-refractivity contribution in [3.05, 3.63) is 48.0 Å². The topological polar surface area (TPSA) is 26.3 Å². The lowest BCUT2D eigenvalue weighted by Crippen LogP contribution is -2.06. The third-order valence-corrected chi connectivity index (χ3v) is 2.46. The Bertz CT molecular complexity index is 367. The molecule has 0 atom stereocenters. The van der Waals surface area contributed by atoms with Crippen molar-refractivity contribution in [1.29, 1.82) is 0 Å². The van der Waals surface area contributed by atoms with Crippen LogP contribution in [0, 0.1) is 0 Å². The monoisotopic (exact) mass is 218 g/mol. The molecule has 2 heteroatoms. The van der Waals surface area contributed by atoms with E-state index in [1.807, 2.05) is 12.1 Å². The predicted molar refractivity (Wildman–Crippen MR) is 65.4 cm³/mol. The van der Waals surface area contributed by atoms with Gasteiger partial charge in [0.25, 0.3) is 0 Å². The molecule has 0 heterocycles. The third kappa shape index (κ3) is 3.54. The Labute approximate surface area is 96.9 Å². The number of benzene rings is 1. The lowest BCUT2D eigenvalue weighted by Gasteiger charge is -2.12. The van der Waals surface area contributed by atoms with Gasteiger partial charge in [0.05, 0.1) is 6.61 Å². The highest BCUT2D eigenvalue weighted by Crippen LogP contribution is 2.19. The molecule has 1 aromatic carbocycles. The molecular weight excluding hydrogens is 200 g/mol. The normalized spacial score (nSPS) is 10.2. The van der Waals surface area contributed by atoms with Crippen LogP contribution < -0.4 is 0 Å². The number of hydrogen-bond acceptors (Lipinski definition) is 2. The molecular formula is C14H18O2. The van der Waals surface area contributed by atoms with Gasteiger partial charge in [-0.2, -0.15) is 0 Å². The summed E-state index contributed by atoms with van der Waals surface area (Å²) in [5.74, 6) is 0.133. The van der Waals surface area contributed by atoms with E-state index in [0.717, 1.165) is 6.42 Å². The Morgan fingerprint density at radius 1 is 1.44 bits per heavy atom. The third-order valence-electron chi connectivity index (χ3n) is 2.46. The molecule has 0 fully saturated rings. The molecule has 0 aliphatic carbocycles. The molecule has 0 aliphatic rings. The predicted octanol–water partition coefficient (Wildman–Crippen LogP) is 3.08. The molecule has 16 heavy (non-hydrogen) atoms. The Kier molecular flexibility index (Phi) is 4.77. The van der Waals surface area contributed by atoms with E-state index in [4.69, 9.17) is 4.74 Å². The Morgan fingerprint density at radius 2 is 2.12 bits per heavy atom. The zero-order valence-corrected chi connectivity index (χ0v) is 9.90. The van der Waals surface area contributed by atoms with Crippen molar-refractivity contribution in [2.75, 3.05) is 6.61 Å². The van der Waals surface area contributed by atoms with Crippen molar-refractivity contribution in [1.82, 2.24) is 0 Å². The molecule has 86 valence electrons.